The zero-order valence-electron chi connectivity index (χ0n) is 21.3. The predicted molar refractivity (Wildman–Crippen MR) is 138 cm³/mol. The van der Waals surface area contributed by atoms with Gasteiger partial charge in [-0.25, -0.2) is 0 Å². The van der Waals surface area contributed by atoms with E-state index in [2.05, 4.69) is 22.3 Å². The number of ether oxygens (including phenoxy) is 1. The molecule has 7 nitrogen and oxygen atoms in total. The Labute approximate surface area is 211 Å². The van der Waals surface area contributed by atoms with Gasteiger partial charge in [0.15, 0.2) is 0 Å². The van der Waals surface area contributed by atoms with E-state index in [0.29, 0.717) is 24.9 Å². The molecule has 1 aliphatic carbocycles. The minimum atomic E-state index is -0.911. The van der Waals surface area contributed by atoms with Crippen LogP contribution in [-0.4, -0.2) is 39.9 Å². The number of aromatic nitrogens is 2. The second-order valence-corrected chi connectivity index (χ2v) is 9.90. The number of hydrogen-bond acceptors (Lipinski definition) is 5. The third-order valence-corrected chi connectivity index (χ3v) is 6.90. The molecule has 0 radical (unpaired) electrons. The number of benzene rings is 2. The van der Waals surface area contributed by atoms with Crippen molar-refractivity contribution >= 4 is 22.8 Å². The highest BCUT2D eigenvalue weighted by Crippen LogP contribution is 2.28. The Hall–Kier alpha value is -3.63. The second-order valence-electron chi connectivity index (χ2n) is 9.90. The predicted octanol–water partition coefficient (Wildman–Crippen LogP) is 4.15. The summed E-state index contributed by atoms with van der Waals surface area (Å²) in [6.45, 7) is 5.77. The van der Waals surface area contributed by atoms with E-state index in [1.54, 1.807) is 27.0 Å². The number of carbonyl (C=O) groups excluding carboxylic acids is 2. The molecule has 2 aromatic carbocycles. The molecule has 0 bridgehead atoms. The van der Waals surface area contributed by atoms with Gasteiger partial charge in [0.2, 0.25) is 0 Å². The lowest BCUT2D eigenvalue weighted by molar-refractivity contribution is -0.146. The first-order valence-corrected chi connectivity index (χ1v) is 12.3. The summed E-state index contributed by atoms with van der Waals surface area (Å²) < 4.78 is 6.70. The van der Waals surface area contributed by atoms with Gasteiger partial charge < -0.3 is 15.2 Å². The van der Waals surface area contributed by atoms with Crippen LogP contribution in [0.2, 0.25) is 0 Å². The largest absolute Gasteiger partial charge is 0.469 e. The van der Waals surface area contributed by atoms with Gasteiger partial charge in [-0.1, -0.05) is 30.2 Å². The number of rotatable bonds is 6. The number of aliphatic hydroxyl groups is 1. The molecule has 0 atom stereocenters. The SMILES string of the molecule is CC#Cc1ccc(C(=O)NC2CCC(C(=O)OC)CC2)c2c1cnn2Cc1ccc(C(C)(C)O)cc1. The first-order chi connectivity index (χ1) is 17.2. The fraction of sp³-hybridized carbons (Fsp3) is 0.414. The number of hydrogen-bond donors (Lipinski definition) is 2. The highest BCUT2D eigenvalue weighted by Gasteiger charge is 2.28. The molecule has 0 spiro atoms. The molecule has 36 heavy (non-hydrogen) atoms. The Balaban J connectivity index is 1.60. The number of nitrogens with one attached hydrogen (secondary N) is 1. The Bertz CT molecular complexity index is 1310. The van der Waals surface area contributed by atoms with Crippen LogP contribution in [0.4, 0.5) is 0 Å². The number of methoxy groups -OCH3 is 1. The van der Waals surface area contributed by atoms with Gasteiger partial charge in [0.1, 0.15) is 0 Å². The molecule has 188 valence electrons. The maximum atomic E-state index is 13.4. The minimum Gasteiger partial charge on any atom is -0.469 e. The van der Waals surface area contributed by atoms with Crippen LogP contribution in [0.1, 0.15) is 73.5 Å². The van der Waals surface area contributed by atoms with Crippen LogP contribution in [0.25, 0.3) is 10.9 Å². The van der Waals surface area contributed by atoms with Crippen molar-refractivity contribution in [2.45, 2.75) is 64.6 Å². The molecule has 7 heteroatoms. The highest BCUT2D eigenvalue weighted by atomic mass is 16.5. The van der Waals surface area contributed by atoms with E-state index in [0.717, 1.165) is 40.4 Å². The summed E-state index contributed by atoms with van der Waals surface area (Å²) in [5.74, 6) is 5.63. The smallest absolute Gasteiger partial charge is 0.308 e. The summed E-state index contributed by atoms with van der Waals surface area (Å²) in [7, 11) is 1.42. The van der Waals surface area contributed by atoms with Crippen molar-refractivity contribution in [3.05, 3.63) is 64.8 Å². The van der Waals surface area contributed by atoms with E-state index in [-0.39, 0.29) is 23.8 Å². The monoisotopic (exact) mass is 487 g/mol. The summed E-state index contributed by atoms with van der Waals surface area (Å²) in [6.07, 6.45) is 4.65. The summed E-state index contributed by atoms with van der Waals surface area (Å²) in [6, 6.07) is 11.4. The minimum absolute atomic E-state index is 0.00863. The van der Waals surface area contributed by atoms with E-state index >= 15 is 0 Å². The average Bonchev–Trinajstić information content (AvgIpc) is 3.28. The lowest BCUT2D eigenvalue weighted by atomic mass is 9.86. The normalized spacial score (nSPS) is 17.8. The molecule has 1 aromatic heterocycles. The molecule has 1 fully saturated rings. The molecule has 4 rings (SSSR count). The zero-order chi connectivity index (χ0) is 25.9. The molecular weight excluding hydrogens is 454 g/mol. The average molecular weight is 488 g/mol. The molecule has 0 aliphatic heterocycles. The molecule has 1 aliphatic rings. The van der Waals surface area contributed by atoms with Crippen LogP contribution in [0.3, 0.4) is 0 Å². The molecular formula is C29H33N3O4. The Kier molecular flexibility index (Phi) is 7.46. The van der Waals surface area contributed by atoms with Crippen molar-refractivity contribution in [3.63, 3.8) is 0 Å². The fourth-order valence-corrected chi connectivity index (χ4v) is 4.84. The van der Waals surface area contributed by atoms with E-state index in [1.165, 1.54) is 7.11 Å². The van der Waals surface area contributed by atoms with Crippen molar-refractivity contribution in [3.8, 4) is 11.8 Å². The van der Waals surface area contributed by atoms with Crippen LogP contribution >= 0.6 is 0 Å². The lowest BCUT2D eigenvalue weighted by Crippen LogP contribution is -2.39. The molecule has 3 aromatic rings. The van der Waals surface area contributed by atoms with Crippen LogP contribution in [0.15, 0.2) is 42.6 Å². The van der Waals surface area contributed by atoms with Gasteiger partial charge in [0.25, 0.3) is 5.91 Å². The number of esters is 1. The van der Waals surface area contributed by atoms with Crippen molar-refractivity contribution in [2.24, 2.45) is 5.92 Å². The van der Waals surface area contributed by atoms with Gasteiger partial charge in [-0.05, 0) is 69.7 Å². The topological polar surface area (TPSA) is 93.5 Å². The Morgan fingerprint density at radius 2 is 1.83 bits per heavy atom. The van der Waals surface area contributed by atoms with Gasteiger partial charge in [0, 0.05) is 17.0 Å². The van der Waals surface area contributed by atoms with Gasteiger partial charge in [-0.3, -0.25) is 14.3 Å². The number of carbonyl (C=O) groups is 2. The maximum absolute atomic E-state index is 13.4. The second kappa shape index (κ2) is 10.5. The van der Waals surface area contributed by atoms with Gasteiger partial charge in [-0.15, -0.1) is 5.92 Å². The molecule has 1 amide bonds. The van der Waals surface area contributed by atoms with Crippen LogP contribution < -0.4 is 5.32 Å². The first-order valence-electron chi connectivity index (χ1n) is 12.3. The molecule has 1 saturated carbocycles. The van der Waals surface area contributed by atoms with E-state index in [4.69, 9.17) is 4.74 Å². The van der Waals surface area contributed by atoms with Crippen molar-refractivity contribution < 1.29 is 19.4 Å². The molecule has 0 saturated heterocycles. The number of amides is 1. The van der Waals surface area contributed by atoms with Crippen LogP contribution in [0.5, 0.6) is 0 Å². The fourth-order valence-electron chi connectivity index (χ4n) is 4.84. The third-order valence-electron chi connectivity index (χ3n) is 6.90. The van der Waals surface area contributed by atoms with Crippen LogP contribution in [0, 0.1) is 17.8 Å². The van der Waals surface area contributed by atoms with E-state index in [1.807, 2.05) is 41.1 Å². The van der Waals surface area contributed by atoms with E-state index in [9.17, 15) is 14.7 Å². The number of nitrogens with zero attached hydrogens (tertiary/aromatic N) is 2. The van der Waals surface area contributed by atoms with E-state index < -0.39 is 5.60 Å². The summed E-state index contributed by atoms with van der Waals surface area (Å²) in [4.78, 5) is 25.2. The quantitative estimate of drug-likeness (QED) is 0.403. The standard InChI is InChI=1S/C29H33N3O4/c1-5-6-20-11-16-24(27(33)31-23-14-9-21(10-15-23)28(34)36-4)26-25(20)17-30-32(26)18-19-7-12-22(13-8-19)29(2,3)35/h7-8,11-13,16-17,21,23,35H,9-10,14-15,18H2,1-4H3,(H,31,33). The molecule has 0 unspecified atom stereocenters. The summed E-state index contributed by atoms with van der Waals surface area (Å²) in [5, 5.41) is 18.8. The summed E-state index contributed by atoms with van der Waals surface area (Å²) >= 11 is 0. The lowest BCUT2D eigenvalue weighted by Gasteiger charge is -2.27. The first kappa shape index (κ1) is 25.5. The molecule has 2 N–H and O–H groups in total. The van der Waals surface area contributed by atoms with Gasteiger partial charge in [-0.2, -0.15) is 5.10 Å². The van der Waals surface area contributed by atoms with Crippen molar-refractivity contribution in [1.82, 2.24) is 15.1 Å². The highest BCUT2D eigenvalue weighted by molar-refractivity contribution is 6.07. The van der Waals surface area contributed by atoms with Crippen molar-refractivity contribution in [1.29, 1.82) is 0 Å². The molecule has 1 heterocycles. The maximum Gasteiger partial charge on any atom is 0.308 e. The zero-order valence-corrected chi connectivity index (χ0v) is 21.3. The van der Waals surface area contributed by atoms with Gasteiger partial charge >= 0.3 is 5.97 Å². The number of fused-ring (bicyclic) bond motifs is 1. The summed E-state index contributed by atoms with van der Waals surface area (Å²) in [5.41, 5.74) is 3.04. The van der Waals surface area contributed by atoms with Crippen molar-refractivity contribution in [2.75, 3.05) is 7.11 Å². The Morgan fingerprint density at radius 1 is 1.14 bits per heavy atom. The third kappa shape index (κ3) is 5.44. The Morgan fingerprint density at radius 3 is 2.44 bits per heavy atom. The van der Waals surface area contributed by atoms with Crippen LogP contribution in [-0.2, 0) is 21.7 Å². The van der Waals surface area contributed by atoms with Gasteiger partial charge in [0.05, 0.1) is 42.5 Å².